The van der Waals surface area contributed by atoms with Gasteiger partial charge in [-0.1, -0.05) is 18.2 Å². The number of carbonyl (C=O) groups excluding carboxylic acids is 1. The summed E-state index contributed by atoms with van der Waals surface area (Å²) in [5.74, 6) is -0.0450. The number of nitro groups is 1. The standard InChI is InChI=1S/C18H19N3O5S/c1-2-25-10-11-26-14-7-5-6-13(12-14)19-18(27)20-17(22)15-8-3-4-9-16(15)21(23)24/h3-9,12H,2,10-11H2,1H3,(H2,19,20,22,27). The van der Waals surface area contributed by atoms with Crippen molar-refractivity contribution >= 4 is 34.6 Å². The first-order chi connectivity index (χ1) is 13.0. The summed E-state index contributed by atoms with van der Waals surface area (Å²) in [5.41, 5.74) is 0.249. The molecular weight excluding hydrogens is 370 g/mol. The minimum atomic E-state index is -0.663. The Kier molecular flexibility index (Phi) is 7.65. The Hall–Kier alpha value is -3.04. The fraction of sp³-hybridized carbons (Fsp3) is 0.222. The highest BCUT2D eigenvalue weighted by Crippen LogP contribution is 2.19. The number of anilines is 1. The molecule has 0 aromatic heterocycles. The van der Waals surface area contributed by atoms with Crippen molar-refractivity contribution in [2.45, 2.75) is 6.92 Å². The van der Waals surface area contributed by atoms with Crippen molar-refractivity contribution < 1.29 is 19.2 Å². The van der Waals surface area contributed by atoms with Gasteiger partial charge in [-0.3, -0.25) is 20.2 Å². The summed E-state index contributed by atoms with van der Waals surface area (Å²) in [5, 5.41) is 16.3. The van der Waals surface area contributed by atoms with Crippen LogP contribution in [-0.2, 0) is 4.74 Å². The fourth-order valence-electron chi connectivity index (χ4n) is 2.18. The molecule has 2 aromatic rings. The van der Waals surface area contributed by atoms with E-state index >= 15 is 0 Å². The molecule has 0 saturated carbocycles. The van der Waals surface area contributed by atoms with Crippen molar-refractivity contribution in [1.29, 1.82) is 0 Å². The Morgan fingerprint density at radius 1 is 1.19 bits per heavy atom. The van der Waals surface area contributed by atoms with Crippen molar-refractivity contribution in [3.8, 4) is 5.75 Å². The van der Waals surface area contributed by atoms with Gasteiger partial charge in [-0.05, 0) is 37.3 Å². The summed E-state index contributed by atoms with van der Waals surface area (Å²) in [4.78, 5) is 22.7. The minimum Gasteiger partial charge on any atom is -0.491 e. The van der Waals surface area contributed by atoms with Gasteiger partial charge < -0.3 is 14.8 Å². The van der Waals surface area contributed by atoms with Gasteiger partial charge in [0.15, 0.2) is 5.11 Å². The molecule has 0 atom stereocenters. The Bertz CT molecular complexity index is 828. The van der Waals surface area contributed by atoms with Crippen molar-refractivity contribution in [3.63, 3.8) is 0 Å². The average Bonchev–Trinajstić information content (AvgIpc) is 2.65. The van der Waals surface area contributed by atoms with Gasteiger partial charge in [-0.2, -0.15) is 0 Å². The molecule has 0 spiro atoms. The van der Waals surface area contributed by atoms with Crippen LogP contribution in [0.2, 0.25) is 0 Å². The molecule has 0 bridgehead atoms. The number of nitrogens with zero attached hydrogens (tertiary/aromatic N) is 1. The van der Waals surface area contributed by atoms with Gasteiger partial charge in [0.1, 0.15) is 17.9 Å². The van der Waals surface area contributed by atoms with Crippen LogP contribution in [0.15, 0.2) is 48.5 Å². The zero-order valence-electron chi connectivity index (χ0n) is 14.6. The smallest absolute Gasteiger partial charge is 0.282 e. The highest BCUT2D eigenvalue weighted by Gasteiger charge is 2.19. The lowest BCUT2D eigenvalue weighted by atomic mass is 10.1. The monoisotopic (exact) mass is 389 g/mol. The van der Waals surface area contributed by atoms with Crippen LogP contribution in [0.1, 0.15) is 17.3 Å². The van der Waals surface area contributed by atoms with Gasteiger partial charge in [-0.15, -0.1) is 0 Å². The van der Waals surface area contributed by atoms with Gasteiger partial charge in [0.25, 0.3) is 11.6 Å². The molecule has 0 radical (unpaired) electrons. The summed E-state index contributed by atoms with van der Waals surface area (Å²) in [6.07, 6.45) is 0. The predicted octanol–water partition coefficient (Wildman–Crippen LogP) is 3.14. The number of carbonyl (C=O) groups is 1. The van der Waals surface area contributed by atoms with Crippen LogP contribution >= 0.6 is 12.2 Å². The summed E-state index contributed by atoms with van der Waals surface area (Å²) in [7, 11) is 0. The number of amides is 1. The first-order valence-corrected chi connectivity index (χ1v) is 8.58. The number of thiocarbonyl (C=S) groups is 1. The van der Waals surface area contributed by atoms with Gasteiger partial charge in [-0.25, -0.2) is 0 Å². The van der Waals surface area contributed by atoms with E-state index in [0.717, 1.165) is 0 Å². The van der Waals surface area contributed by atoms with Crippen molar-refractivity contribution in [1.82, 2.24) is 5.32 Å². The third-order valence-electron chi connectivity index (χ3n) is 3.36. The van der Waals surface area contributed by atoms with Crippen molar-refractivity contribution in [3.05, 3.63) is 64.2 Å². The third-order valence-corrected chi connectivity index (χ3v) is 3.57. The van der Waals surface area contributed by atoms with Crippen molar-refractivity contribution in [2.75, 3.05) is 25.1 Å². The Morgan fingerprint density at radius 2 is 1.96 bits per heavy atom. The molecule has 2 N–H and O–H groups in total. The molecule has 9 heteroatoms. The number of para-hydroxylation sites is 1. The van der Waals surface area contributed by atoms with E-state index in [2.05, 4.69) is 10.6 Å². The number of rotatable bonds is 8. The second-order valence-corrected chi connectivity index (χ2v) is 5.66. The highest BCUT2D eigenvalue weighted by atomic mass is 32.1. The Morgan fingerprint density at radius 3 is 2.70 bits per heavy atom. The van der Waals surface area contributed by atoms with Crippen LogP contribution in [0.5, 0.6) is 5.75 Å². The molecule has 0 aliphatic carbocycles. The lowest BCUT2D eigenvalue weighted by Crippen LogP contribution is -2.34. The minimum absolute atomic E-state index is 0.0182. The van der Waals surface area contributed by atoms with Crippen molar-refractivity contribution in [2.24, 2.45) is 0 Å². The first-order valence-electron chi connectivity index (χ1n) is 8.17. The molecule has 1 amide bonds. The van der Waals surface area contributed by atoms with Gasteiger partial charge in [0.2, 0.25) is 0 Å². The molecule has 0 unspecified atom stereocenters. The molecule has 2 rings (SSSR count). The molecule has 0 heterocycles. The lowest BCUT2D eigenvalue weighted by Gasteiger charge is -2.11. The molecule has 2 aromatic carbocycles. The molecule has 8 nitrogen and oxygen atoms in total. The lowest BCUT2D eigenvalue weighted by molar-refractivity contribution is -0.385. The van der Waals surface area contributed by atoms with E-state index in [-0.39, 0.29) is 16.4 Å². The van der Waals surface area contributed by atoms with Crippen LogP contribution < -0.4 is 15.4 Å². The predicted molar refractivity (Wildman–Crippen MR) is 105 cm³/mol. The topological polar surface area (TPSA) is 103 Å². The molecule has 0 aliphatic rings. The van der Waals surface area contributed by atoms with E-state index in [4.69, 9.17) is 21.7 Å². The maximum atomic E-state index is 12.3. The number of benzene rings is 2. The largest absolute Gasteiger partial charge is 0.491 e. The summed E-state index contributed by atoms with van der Waals surface area (Å²) >= 11 is 5.11. The van der Waals surface area contributed by atoms with Gasteiger partial charge in [0, 0.05) is 24.4 Å². The summed E-state index contributed by atoms with van der Waals surface area (Å²) in [6, 6.07) is 12.7. The molecular formula is C18H19N3O5S. The Labute approximate surface area is 161 Å². The molecule has 0 saturated heterocycles. The van der Waals surface area contributed by atoms with E-state index in [1.54, 1.807) is 30.3 Å². The number of hydrogen-bond acceptors (Lipinski definition) is 6. The quantitative estimate of drug-likeness (QED) is 0.309. The summed E-state index contributed by atoms with van der Waals surface area (Å²) < 4.78 is 10.8. The first kappa shape index (κ1) is 20.3. The molecule has 0 aliphatic heterocycles. The van der Waals surface area contributed by atoms with Crippen LogP contribution in [0.25, 0.3) is 0 Å². The molecule has 142 valence electrons. The number of nitro benzene ring substituents is 1. The molecule has 27 heavy (non-hydrogen) atoms. The zero-order valence-corrected chi connectivity index (χ0v) is 15.5. The van der Waals surface area contributed by atoms with E-state index in [0.29, 0.717) is 31.3 Å². The number of nitrogens with one attached hydrogen (secondary N) is 2. The Balaban J connectivity index is 1.96. The van der Waals surface area contributed by atoms with E-state index in [9.17, 15) is 14.9 Å². The van der Waals surface area contributed by atoms with Crippen LogP contribution in [0, 0.1) is 10.1 Å². The SMILES string of the molecule is CCOCCOc1cccc(NC(=S)NC(=O)c2ccccc2[N+](=O)[O-])c1. The van der Waals surface area contributed by atoms with Gasteiger partial charge in [0.05, 0.1) is 11.5 Å². The fourth-order valence-corrected chi connectivity index (χ4v) is 2.39. The maximum Gasteiger partial charge on any atom is 0.282 e. The number of hydrogen-bond donors (Lipinski definition) is 2. The van der Waals surface area contributed by atoms with Crippen LogP contribution in [0.3, 0.4) is 0 Å². The van der Waals surface area contributed by atoms with E-state index in [1.807, 2.05) is 6.92 Å². The second kappa shape index (κ2) is 10.2. The second-order valence-electron chi connectivity index (χ2n) is 5.26. The van der Waals surface area contributed by atoms with E-state index < -0.39 is 10.8 Å². The van der Waals surface area contributed by atoms with E-state index in [1.165, 1.54) is 18.2 Å². The normalized spacial score (nSPS) is 10.1. The summed E-state index contributed by atoms with van der Waals surface area (Å²) in [6.45, 7) is 3.43. The molecule has 0 fully saturated rings. The third kappa shape index (κ3) is 6.32. The van der Waals surface area contributed by atoms with Crippen LogP contribution in [0.4, 0.5) is 11.4 Å². The van der Waals surface area contributed by atoms with Crippen LogP contribution in [-0.4, -0.2) is 35.8 Å². The average molecular weight is 389 g/mol. The zero-order chi connectivity index (χ0) is 19.6. The highest BCUT2D eigenvalue weighted by molar-refractivity contribution is 7.80. The number of ether oxygens (including phenoxy) is 2. The van der Waals surface area contributed by atoms with Gasteiger partial charge >= 0.3 is 0 Å². The maximum absolute atomic E-state index is 12.3.